The van der Waals surface area contributed by atoms with Gasteiger partial charge in [-0.3, -0.25) is 4.79 Å². The number of carbonyl (C=O) groups excluding carboxylic acids is 1. The second-order valence-corrected chi connectivity index (χ2v) is 4.83. The Bertz CT molecular complexity index is 788. The molecule has 1 unspecified atom stereocenters. The zero-order chi connectivity index (χ0) is 14.8. The Morgan fingerprint density at radius 3 is 2.81 bits per heavy atom. The number of benzene rings is 1. The maximum atomic E-state index is 12.4. The minimum atomic E-state index is -0.370. The van der Waals surface area contributed by atoms with Crippen LogP contribution in [-0.4, -0.2) is 31.5 Å². The van der Waals surface area contributed by atoms with Gasteiger partial charge in [-0.1, -0.05) is 41.1 Å². The number of carbonyl (C=O) groups is 1. The summed E-state index contributed by atoms with van der Waals surface area (Å²) in [6, 6.07) is 6.98. The lowest BCUT2D eigenvalue weighted by Gasteiger charge is -2.11. The molecule has 21 heavy (non-hydrogen) atoms. The van der Waals surface area contributed by atoms with E-state index >= 15 is 0 Å². The highest BCUT2D eigenvalue weighted by Gasteiger charge is 2.17. The molecule has 0 aliphatic heterocycles. The van der Waals surface area contributed by atoms with Gasteiger partial charge in [0.2, 0.25) is 0 Å². The Morgan fingerprint density at radius 2 is 2.10 bits per heavy atom. The molecular formula is C13H11ClN6O. The summed E-state index contributed by atoms with van der Waals surface area (Å²) < 4.78 is 0. The molecule has 1 atom stereocenters. The van der Waals surface area contributed by atoms with Gasteiger partial charge >= 0.3 is 0 Å². The van der Waals surface area contributed by atoms with Crippen LogP contribution >= 0.6 is 11.6 Å². The molecule has 8 heteroatoms. The minimum absolute atomic E-state index is 0.271. The van der Waals surface area contributed by atoms with Crippen LogP contribution in [0.4, 0.5) is 0 Å². The fraction of sp³-hybridized carbons (Fsp3) is 0.154. The molecule has 1 amide bonds. The second kappa shape index (κ2) is 5.45. The zero-order valence-electron chi connectivity index (χ0n) is 11.0. The number of tetrazole rings is 1. The van der Waals surface area contributed by atoms with Gasteiger partial charge in [-0.15, -0.1) is 10.2 Å². The van der Waals surface area contributed by atoms with Crippen molar-refractivity contribution < 1.29 is 4.79 Å². The number of amides is 1. The van der Waals surface area contributed by atoms with Gasteiger partial charge in [-0.2, -0.15) is 5.21 Å². The summed E-state index contributed by atoms with van der Waals surface area (Å²) in [4.78, 5) is 16.4. The lowest BCUT2D eigenvalue weighted by molar-refractivity contribution is 0.0939. The topological polar surface area (TPSA) is 96.5 Å². The first-order chi connectivity index (χ1) is 10.2. The molecule has 2 aromatic heterocycles. The van der Waals surface area contributed by atoms with E-state index in [9.17, 15) is 4.79 Å². The third-order valence-corrected chi connectivity index (χ3v) is 3.39. The predicted molar refractivity (Wildman–Crippen MR) is 76.8 cm³/mol. The van der Waals surface area contributed by atoms with E-state index in [-0.39, 0.29) is 11.9 Å². The van der Waals surface area contributed by atoms with Gasteiger partial charge in [0, 0.05) is 11.6 Å². The van der Waals surface area contributed by atoms with Crippen molar-refractivity contribution in [2.24, 2.45) is 0 Å². The van der Waals surface area contributed by atoms with E-state index in [0.29, 0.717) is 16.5 Å². The van der Waals surface area contributed by atoms with Crippen LogP contribution in [0.3, 0.4) is 0 Å². The number of nitrogens with one attached hydrogen (secondary N) is 2. The highest BCUT2D eigenvalue weighted by Crippen LogP contribution is 2.24. The molecule has 2 N–H and O–H groups in total. The number of aromatic amines is 1. The number of rotatable bonds is 3. The molecular weight excluding hydrogens is 292 g/mol. The first-order valence-corrected chi connectivity index (χ1v) is 6.62. The fourth-order valence-electron chi connectivity index (χ4n) is 2.03. The standard InChI is InChI=1S/C13H11ClN6O/c1-7(12-17-19-20-18-12)16-13(21)10-6-15-11(14)9-5-3-2-4-8(9)10/h2-7H,1H3,(H,16,21)(H,17,18,19,20). The Labute approximate surface area is 124 Å². The number of fused-ring (bicyclic) bond motifs is 1. The van der Waals surface area contributed by atoms with Crippen LogP contribution < -0.4 is 5.32 Å². The lowest BCUT2D eigenvalue weighted by atomic mass is 10.1. The van der Waals surface area contributed by atoms with Crippen LogP contribution in [0.5, 0.6) is 0 Å². The SMILES string of the molecule is CC(NC(=O)c1cnc(Cl)c2ccccc12)c1nn[nH]n1. The number of pyridine rings is 1. The summed E-state index contributed by atoms with van der Waals surface area (Å²) in [6.45, 7) is 1.77. The van der Waals surface area contributed by atoms with Gasteiger partial charge in [0.1, 0.15) is 5.15 Å². The van der Waals surface area contributed by atoms with E-state index in [4.69, 9.17) is 11.6 Å². The van der Waals surface area contributed by atoms with Crippen LogP contribution in [0, 0.1) is 0 Å². The van der Waals surface area contributed by atoms with Crippen molar-refractivity contribution in [2.45, 2.75) is 13.0 Å². The third kappa shape index (κ3) is 2.55. The van der Waals surface area contributed by atoms with Crippen molar-refractivity contribution in [3.8, 4) is 0 Å². The largest absolute Gasteiger partial charge is 0.342 e. The highest BCUT2D eigenvalue weighted by molar-refractivity contribution is 6.34. The first kappa shape index (κ1) is 13.4. The van der Waals surface area contributed by atoms with E-state index in [0.717, 1.165) is 10.8 Å². The van der Waals surface area contributed by atoms with Gasteiger partial charge in [0.05, 0.1) is 11.6 Å². The lowest BCUT2D eigenvalue weighted by Crippen LogP contribution is -2.27. The average molecular weight is 303 g/mol. The molecule has 0 aliphatic rings. The fourth-order valence-corrected chi connectivity index (χ4v) is 2.24. The molecule has 0 saturated carbocycles. The number of aromatic nitrogens is 5. The van der Waals surface area contributed by atoms with Crippen LogP contribution in [0.25, 0.3) is 10.8 Å². The molecule has 0 aliphatic carbocycles. The van der Waals surface area contributed by atoms with Crippen LogP contribution in [-0.2, 0) is 0 Å². The Hall–Kier alpha value is -2.54. The molecule has 0 radical (unpaired) electrons. The molecule has 2 heterocycles. The molecule has 0 saturated heterocycles. The van der Waals surface area contributed by atoms with E-state index in [1.54, 1.807) is 6.92 Å². The number of nitrogens with zero attached hydrogens (tertiary/aromatic N) is 4. The first-order valence-electron chi connectivity index (χ1n) is 6.24. The monoisotopic (exact) mass is 302 g/mol. The van der Waals surface area contributed by atoms with Crippen molar-refractivity contribution >= 4 is 28.3 Å². The predicted octanol–water partition coefficient (Wildman–Crippen LogP) is 1.89. The van der Waals surface area contributed by atoms with Gasteiger partial charge in [0.25, 0.3) is 5.91 Å². The molecule has 3 aromatic rings. The summed E-state index contributed by atoms with van der Waals surface area (Å²) in [5.41, 5.74) is 0.449. The van der Waals surface area contributed by atoms with Crippen molar-refractivity contribution in [3.05, 3.63) is 47.0 Å². The molecule has 0 fully saturated rings. The van der Waals surface area contributed by atoms with E-state index in [1.807, 2.05) is 24.3 Å². The van der Waals surface area contributed by atoms with Crippen LogP contribution in [0.2, 0.25) is 5.15 Å². The molecule has 1 aromatic carbocycles. The van der Waals surface area contributed by atoms with Crippen molar-refractivity contribution in [1.82, 2.24) is 30.9 Å². The van der Waals surface area contributed by atoms with Crippen LogP contribution in [0.15, 0.2) is 30.5 Å². The van der Waals surface area contributed by atoms with E-state index in [1.165, 1.54) is 6.20 Å². The second-order valence-electron chi connectivity index (χ2n) is 4.47. The van der Waals surface area contributed by atoms with Crippen molar-refractivity contribution in [2.75, 3.05) is 0 Å². The minimum Gasteiger partial charge on any atom is -0.342 e. The third-order valence-electron chi connectivity index (χ3n) is 3.09. The maximum Gasteiger partial charge on any atom is 0.254 e. The highest BCUT2D eigenvalue weighted by atomic mass is 35.5. The summed E-state index contributed by atoms with van der Waals surface area (Å²) in [5, 5.41) is 18.2. The van der Waals surface area contributed by atoms with Crippen LogP contribution in [0.1, 0.15) is 29.1 Å². The molecule has 0 bridgehead atoms. The molecule has 106 valence electrons. The Morgan fingerprint density at radius 1 is 1.33 bits per heavy atom. The molecule has 0 spiro atoms. The summed E-state index contributed by atoms with van der Waals surface area (Å²) in [7, 11) is 0. The molecule has 7 nitrogen and oxygen atoms in total. The van der Waals surface area contributed by atoms with Crippen molar-refractivity contribution in [3.63, 3.8) is 0 Å². The summed E-state index contributed by atoms with van der Waals surface area (Å²) >= 11 is 6.05. The summed E-state index contributed by atoms with van der Waals surface area (Å²) in [5.74, 6) is 0.141. The van der Waals surface area contributed by atoms with Gasteiger partial charge in [-0.05, 0) is 12.3 Å². The quantitative estimate of drug-likeness (QED) is 0.720. The Balaban J connectivity index is 1.93. The average Bonchev–Trinajstić information content (AvgIpc) is 3.02. The zero-order valence-corrected chi connectivity index (χ0v) is 11.8. The number of hydrogen-bond donors (Lipinski definition) is 2. The normalized spacial score (nSPS) is 12.3. The summed E-state index contributed by atoms with van der Waals surface area (Å²) in [6.07, 6.45) is 1.46. The number of H-pyrrole nitrogens is 1. The van der Waals surface area contributed by atoms with Crippen molar-refractivity contribution in [1.29, 1.82) is 0 Å². The maximum absolute atomic E-state index is 12.4. The van der Waals surface area contributed by atoms with E-state index in [2.05, 4.69) is 30.9 Å². The van der Waals surface area contributed by atoms with Gasteiger partial charge in [-0.25, -0.2) is 4.98 Å². The number of halogens is 1. The van der Waals surface area contributed by atoms with Gasteiger partial charge < -0.3 is 5.32 Å². The smallest absolute Gasteiger partial charge is 0.254 e. The number of hydrogen-bond acceptors (Lipinski definition) is 5. The Kier molecular flexibility index (Phi) is 3.49. The molecule has 3 rings (SSSR count). The van der Waals surface area contributed by atoms with Gasteiger partial charge in [0.15, 0.2) is 5.82 Å². The van der Waals surface area contributed by atoms with E-state index < -0.39 is 0 Å².